The van der Waals surface area contributed by atoms with E-state index in [1.165, 1.54) is 33.5 Å². The lowest BCUT2D eigenvalue weighted by Gasteiger charge is -2.32. The van der Waals surface area contributed by atoms with Crippen LogP contribution in [-0.4, -0.2) is 53.4 Å². The monoisotopic (exact) mass is 461 g/mol. The largest absolute Gasteiger partial charge is 0.315 e. The van der Waals surface area contributed by atoms with Crippen LogP contribution >= 0.6 is 0 Å². The zero-order chi connectivity index (χ0) is 22.8. The van der Waals surface area contributed by atoms with Gasteiger partial charge >= 0.3 is 0 Å². The van der Waals surface area contributed by atoms with Gasteiger partial charge in [-0.2, -0.15) is 9.57 Å². The molecule has 0 atom stereocenters. The van der Waals surface area contributed by atoms with Gasteiger partial charge in [0.15, 0.2) is 9.84 Å². The Morgan fingerprint density at radius 3 is 2.16 bits per heavy atom. The lowest BCUT2D eigenvalue weighted by atomic mass is 9.96. The minimum absolute atomic E-state index is 0.0228. The van der Waals surface area contributed by atoms with Gasteiger partial charge in [0.05, 0.1) is 15.4 Å². The predicted molar refractivity (Wildman–Crippen MR) is 116 cm³/mol. The lowest BCUT2D eigenvalue weighted by Crippen LogP contribution is -2.43. The number of piperidine rings is 1. The fourth-order valence-electron chi connectivity index (χ4n) is 3.58. The number of carbonyl (C=O) groups is 1. The highest BCUT2D eigenvalue weighted by atomic mass is 32.2. The van der Waals surface area contributed by atoms with Crippen LogP contribution in [-0.2, 0) is 24.7 Å². The van der Waals surface area contributed by atoms with E-state index < -0.39 is 19.9 Å². The van der Waals surface area contributed by atoms with Gasteiger partial charge in [0.1, 0.15) is 6.07 Å². The van der Waals surface area contributed by atoms with Gasteiger partial charge in [-0.1, -0.05) is 12.1 Å². The second-order valence-corrected chi connectivity index (χ2v) is 11.4. The summed E-state index contributed by atoms with van der Waals surface area (Å²) in [5.41, 5.74) is 0.661. The molecule has 1 amide bonds. The average Bonchev–Trinajstić information content (AvgIpc) is 2.77. The number of benzene rings is 2. The van der Waals surface area contributed by atoms with E-state index in [1.54, 1.807) is 31.3 Å². The predicted octanol–water partition coefficient (Wildman–Crippen LogP) is 2.03. The van der Waals surface area contributed by atoms with Crippen LogP contribution in [0.3, 0.4) is 0 Å². The number of nitriles is 1. The Morgan fingerprint density at radius 1 is 1.03 bits per heavy atom. The number of carbonyl (C=O) groups excluding carboxylic acids is 1. The van der Waals surface area contributed by atoms with Crippen LogP contribution in [0.5, 0.6) is 0 Å². The number of hydrogen-bond donors (Lipinski definition) is 0. The van der Waals surface area contributed by atoms with E-state index in [0.717, 1.165) is 6.26 Å². The molecule has 0 bridgehead atoms. The molecule has 0 saturated carbocycles. The number of hydrogen-bond acceptors (Lipinski definition) is 6. The van der Waals surface area contributed by atoms with Crippen LogP contribution in [0.2, 0.25) is 0 Å². The summed E-state index contributed by atoms with van der Waals surface area (Å²) in [6, 6.07) is 14.0. The normalized spacial score (nSPS) is 15.9. The molecule has 164 valence electrons. The van der Waals surface area contributed by atoms with Gasteiger partial charge in [-0.15, -0.1) is 0 Å². The molecular weight excluding hydrogens is 438 g/mol. The highest BCUT2D eigenvalue weighted by molar-refractivity contribution is 7.90. The first-order valence-corrected chi connectivity index (χ1v) is 13.0. The molecule has 2 aromatic rings. The Balaban J connectivity index is 1.69. The minimum Gasteiger partial charge on any atom is -0.315 e. The quantitative estimate of drug-likeness (QED) is 0.673. The van der Waals surface area contributed by atoms with Crippen molar-refractivity contribution in [3.8, 4) is 6.07 Å². The standard InChI is InChI=1S/C21H23N3O5S2/c1-23(18-7-9-19(10-8-18)30(2,26)27)21(25)16-11-13-24(14-12-16)31(28,29)20-6-4-3-5-17(20)15-22/h3-10,16H,11-14H2,1-2H3. The summed E-state index contributed by atoms with van der Waals surface area (Å²) in [6.45, 7) is 0.360. The zero-order valence-electron chi connectivity index (χ0n) is 17.2. The number of nitrogens with zero attached hydrogens (tertiary/aromatic N) is 3. The Morgan fingerprint density at radius 2 is 1.61 bits per heavy atom. The van der Waals surface area contributed by atoms with Gasteiger partial charge in [0, 0.05) is 38.0 Å². The second-order valence-electron chi connectivity index (χ2n) is 7.45. The topological polar surface area (TPSA) is 116 Å². The molecule has 0 spiro atoms. The van der Waals surface area contributed by atoms with Crippen molar-refractivity contribution in [1.29, 1.82) is 5.26 Å². The van der Waals surface area contributed by atoms with Crippen molar-refractivity contribution < 1.29 is 21.6 Å². The molecule has 1 aliphatic rings. The molecule has 1 fully saturated rings. The molecule has 2 aromatic carbocycles. The van der Waals surface area contributed by atoms with E-state index in [-0.39, 0.29) is 40.3 Å². The van der Waals surface area contributed by atoms with Crippen molar-refractivity contribution in [3.63, 3.8) is 0 Å². The SMILES string of the molecule is CN(C(=O)C1CCN(S(=O)(=O)c2ccccc2C#N)CC1)c1ccc(S(C)(=O)=O)cc1. The van der Waals surface area contributed by atoms with Gasteiger partial charge in [0.2, 0.25) is 15.9 Å². The fraction of sp³-hybridized carbons (Fsp3) is 0.333. The van der Waals surface area contributed by atoms with Gasteiger partial charge in [0.25, 0.3) is 0 Å². The van der Waals surface area contributed by atoms with Crippen molar-refractivity contribution in [3.05, 3.63) is 54.1 Å². The van der Waals surface area contributed by atoms with Crippen LogP contribution in [0, 0.1) is 17.2 Å². The summed E-state index contributed by atoms with van der Waals surface area (Å²) in [6.07, 6.45) is 1.84. The second kappa shape index (κ2) is 8.78. The molecule has 0 N–H and O–H groups in total. The maximum Gasteiger partial charge on any atom is 0.244 e. The number of amides is 1. The van der Waals surface area contributed by atoms with Gasteiger partial charge in [-0.25, -0.2) is 16.8 Å². The summed E-state index contributed by atoms with van der Waals surface area (Å²) in [4.78, 5) is 14.5. The molecule has 31 heavy (non-hydrogen) atoms. The van der Waals surface area contributed by atoms with E-state index in [0.29, 0.717) is 18.5 Å². The highest BCUT2D eigenvalue weighted by Crippen LogP contribution is 2.28. The van der Waals surface area contributed by atoms with Crippen LogP contribution in [0.1, 0.15) is 18.4 Å². The Labute approximate surface area is 182 Å². The minimum atomic E-state index is -3.82. The van der Waals surface area contributed by atoms with E-state index >= 15 is 0 Å². The van der Waals surface area contributed by atoms with Crippen molar-refractivity contribution >= 4 is 31.5 Å². The number of sulfone groups is 1. The molecule has 0 unspecified atom stereocenters. The number of rotatable bonds is 5. The van der Waals surface area contributed by atoms with E-state index in [9.17, 15) is 26.9 Å². The molecular formula is C21H23N3O5S2. The summed E-state index contributed by atoms with van der Waals surface area (Å²) >= 11 is 0. The van der Waals surface area contributed by atoms with Crippen molar-refractivity contribution in [1.82, 2.24) is 4.31 Å². The van der Waals surface area contributed by atoms with Crippen LogP contribution in [0.4, 0.5) is 5.69 Å². The molecule has 1 saturated heterocycles. The number of sulfonamides is 1. The van der Waals surface area contributed by atoms with Gasteiger partial charge in [-0.3, -0.25) is 4.79 Å². The molecule has 0 aromatic heterocycles. The van der Waals surface area contributed by atoms with Crippen molar-refractivity contribution in [2.45, 2.75) is 22.6 Å². The van der Waals surface area contributed by atoms with Crippen LogP contribution in [0.25, 0.3) is 0 Å². The summed E-state index contributed by atoms with van der Waals surface area (Å²) in [5, 5.41) is 9.21. The lowest BCUT2D eigenvalue weighted by molar-refractivity contribution is -0.123. The highest BCUT2D eigenvalue weighted by Gasteiger charge is 2.34. The Kier molecular flexibility index (Phi) is 6.50. The first-order chi connectivity index (χ1) is 14.6. The maximum absolute atomic E-state index is 12.9. The number of anilines is 1. The van der Waals surface area contributed by atoms with Gasteiger partial charge in [-0.05, 0) is 49.2 Å². The van der Waals surface area contributed by atoms with Crippen molar-refractivity contribution in [2.24, 2.45) is 5.92 Å². The molecule has 1 aliphatic heterocycles. The first kappa shape index (κ1) is 22.9. The first-order valence-electron chi connectivity index (χ1n) is 9.62. The zero-order valence-corrected chi connectivity index (χ0v) is 18.9. The third kappa shape index (κ3) is 4.79. The molecule has 0 radical (unpaired) electrons. The maximum atomic E-state index is 12.9. The summed E-state index contributed by atoms with van der Waals surface area (Å²) < 4.78 is 50.4. The van der Waals surface area contributed by atoms with Crippen molar-refractivity contribution in [2.75, 3.05) is 31.3 Å². The molecule has 1 heterocycles. The van der Waals surface area contributed by atoms with E-state index in [2.05, 4.69) is 0 Å². The summed E-state index contributed by atoms with van der Waals surface area (Å²) in [5.74, 6) is -0.501. The van der Waals surface area contributed by atoms with E-state index in [4.69, 9.17) is 0 Å². The van der Waals surface area contributed by atoms with Crippen LogP contribution < -0.4 is 4.90 Å². The molecule has 3 rings (SSSR count). The average molecular weight is 462 g/mol. The molecule has 0 aliphatic carbocycles. The van der Waals surface area contributed by atoms with Gasteiger partial charge < -0.3 is 4.90 Å². The fourth-order valence-corrected chi connectivity index (χ4v) is 5.83. The Hall–Kier alpha value is -2.74. The molecule has 8 nitrogen and oxygen atoms in total. The van der Waals surface area contributed by atoms with E-state index in [1.807, 2.05) is 6.07 Å². The Bertz CT molecular complexity index is 1220. The third-order valence-electron chi connectivity index (χ3n) is 5.41. The van der Waals surface area contributed by atoms with Crippen LogP contribution in [0.15, 0.2) is 58.3 Å². The third-order valence-corrected chi connectivity index (χ3v) is 8.50. The summed E-state index contributed by atoms with van der Waals surface area (Å²) in [7, 11) is -5.52. The smallest absolute Gasteiger partial charge is 0.244 e. The molecule has 10 heteroatoms.